The fraction of sp³-hybridized carbons (Fsp3) is 0.875. The van der Waals surface area contributed by atoms with Crippen LogP contribution in [-0.4, -0.2) is 54.3 Å². The summed E-state index contributed by atoms with van der Waals surface area (Å²) in [6, 6.07) is -0.472. The van der Waals surface area contributed by atoms with Crippen LogP contribution in [0.2, 0.25) is 0 Å². The van der Waals surface area contributed by atoms with E-state index in [1.807, 2.05) is 27.7 Å². The average molecular weight is 312 g/mol. The third-order valence-corrected chi connectivity index (χ3v) is 4.17. The number of hydrogen-bond acceptors (Lipinski definition) is 4. The smallest absolute Gasteiger partial charge is 0.410 e. The van der Waals surface area contributed by atoms with E-state index in [1.165, 1.54) is 4.90 Å². The Balaban J connectivity index is 1.85. The number of likely N-dealkylation sites (tertiary alicyclic amines) is 1. The topological polar surface area (TPSA) is 67.9 Å². The third kappa shape index (κ3) is 4.12. The molecule has 0 aromatic rings. The number of ether oxygens (including phenoxy) is 2. The second-order valence-electron chi connectivity index (χ2n) is 7.31. The molecule has 1 N–H and O–H groups in total. The van der Waals surface area contributed by atoms with Gasteiger partial charge in [0.05, 0.1) is 12.1 Å². The van der Waals surface area contributed by atoms with Gasteiger partial charge in [0.1, 0.15) is 11.6 Å². The van der Waals surface area contributed by atoms with Gasteiger partial charge in [-0.1, -0.05) is 0 Å². The summed E-state index contributed by atoms with van der Waals surface area (Å²) in [5, 5.41) is 2.99. The molecule has 1 saturated carbocycles. The average Bonchev–Trinajstić information content (AvgIpc) is 3.09. The molecular weight excluding hydrogens is 284 g/mol. The van der Waals surface area contributed by atoms with Gasteiger partial charge in [-0.3, -0.25) is 9.69 Å². The predicted octanol–water partition coefficient (Wildman–Crippen LogP) is 1.93. The Morgan fingerprint density at radius 3 is 2.27 bits per heavy atom. The van der Waals surface area contributed by atoms with Gasteiger partial charge in [-0.15, -0.1) is 0 Å². The normalized spacial score (nSPS) is 24.2. The van der Waals surface area contributed by atoms with Crippen LogP contribution in [0.5, 0.6) is 0 Å². The molecular formula is C16H28N2O4. The molecule has 0 bridgehead atoms. The molecule has 2 aliphatic rings. The molecule has 0 spiro atoms. The number of hydrogen-bond donors (Lipinski definition) is 1. The van der Waals surface area contributed by atoms with Crippen molar-refractivity contribution in [1.29, 1.82) is 0 Å². The van der Waals surface area contributed by atoms with E-state index in [2.05, 4.69) is 5.32 Å². The molecule has 22 heavy (non-hydrogen) atoms. The molecule has 3 atom stereocenters. The predicted molar refractivity (Wildman–Crippen MR) is 82.5 cm³/mol. The maximum absolute atomic E-state index is 12.4. The van der Waals surface area contributed by atoms with Gasteiger partial charge in [0.2, 0.25) is 5.91 Å². The maximum Gasteiger partial charge on any atom is 0.410 e. The summed E-state index contributed by atoms with van der Waals surface area (Å²) < 4.78 is 10.8. The Bertz CT molecular complexity index is 428. The molecule has 1 aliphatic carbocycles. The molecule has 126 valence electrons. The van der Waals surface area contributed by atoms with E-state index in [0.717, 1.165) is 12.8 Å². The van der Waals surface area contributed by atoms with Crippen LogP contribution in [-0.2, 0) is 14.3 Å². The Morgan fingerprint density at radius 2 is 1.86 bits per heavy atom. The molecule has 0 radical (unpaired) electrons. The molecule has 6 nitrogen and oxygen atoms in total. The van der Waals surface area contributed by atoms with Crippen LogP contribution in [0.1, 0.15) is 47.0 Å². The zero-order valence-corrected chi connectivity index (χ0v) is 14.2. The Kier molecular flexibility index (Phi) is 5.00. The number of carbonyl (C=O) groups excluding carboxylic acids is 2. The first kappa shape index (κ1) is 17.1. The van der Waals surface area contributed by atoms with Crippen molar-refractivity contribution in [2.24, 2.45) is 5.92 Å². The van der Waals surface area contributed by atoms with E-state index in [4.69, 9.17) is 9.47 Å². The first-order valence-electron chi connectivity index (χ1n) is 8.05. The van der Waals surface area contributed by atoms with Gasteiger partial charge < -0.3 is 14.8 Å². The lowest BCUT2D eigenvalue weighted by Crippen LogP contribution is -2.61. The standard InChI is InChI=1S/C16H28N2O4/c1-10(13(21-5)11-6-7-11)17-14(19)12-8-9-18(12)15(20)22-16(2,3)4/h10-13H,6-9H2,1-5H3,(H,17,19)/t10-,12-,13+/m1/s1. The van der Waals surface area contributed by atoms with E-state index >= 15 is 0 Å². The summed E-state index contributed by atoms with van der Waals surface area (Å²) in [6.07, 6.45) is 2.63. The van der Waals surface area contributed by atoms with Crippen molar-refractivity contribution in [1.82, 2.24) is 10.2 Å². The van der Waals surface area contributed by atoms with Crippen molar-refractivity contribution in [2.75, 3.05) is 13.7 Å². The van der Waals surface area contributed by atoms with Gasteiger partial charge in [-0.2, -0.15) is 0 Å². The number of amides is 2. The quantitative estimate of drug-likeness (QED) is 0.842. The lowest BCUT2D eigenvalue weighted by Gasteiger charge is -2.40. The van der Waals surface area contributed by atoms with Crippen molar-refractivity contribution in [3.8, 4) is 0 Å². The molecule has 2 fully saturated rings. The van der Waals surface area contributed by atoms with Gasteiger partial charge >= 0.3 is 6.09 Å². The number of rotatable bonds is 5. The fourth-order valence-electron chi connectivity index (χ4n) is 2.83. The Labute approximate surface area is 132 Å². The number of nitrogens with one attached hydrogen (secondary N) is 1. The van der Waals surface area contributed by atoms with Crippen LogP contribution in [0.3, 0.4) is 0 Å². The summed E-state index contributed by atoms with van der Waals surface area (Å²) in [4.78, 5) is 25.9. The van der Waals surface area contributed by atoms with Crippen LogP contribution in [0.25, 0.3) is 0 Å². The lowest BCUT2D eigenvalue weighted by atomic mass is 10.0. The maximum atomic E-state index is 12.4. The monoisotopic (exact) mass is 312 g/mol. The SMILES string of the molecule is CO[C@H](C1CC1)[C@@H](C)NC(=O)[C@H]1CCN1C(=O)OC(C)(C)C. The first-order valence-corrected chi connectivity index (χ1v) is 8.05. The van der Waals surface area contributed by atoms with Crippen LogP contribution >= 0.6 is 0 Å². The second kappa shape index (κ2) is 6.44. The molecule has 1 aliphatic heterocycles. The van der Waals surface area contributed by atoms with Gasteiger partial charge in [0.15, 0.2) is 0 Å². The highest BCUT2D eigenvalue weighted by molar-refractivity contribution is 5.87. The molecule has 1 heterocycles. The minimum Gasteiger partial charge on any atom is -0.444 e. The zero-order valence-electron chi connectivity index (χ0n) is 14.2. The number of nitrogens with zero attached hydrogens (tertiary/aromatic N) is 1. The summed E-state index contributed by atoms with van der Waals surface area (Å²) in [6.45, 7) is 7.99. The minimum absolute atomic E-state index is 0.0499. The van der Waals surface area contributed by atoms with Crippen molar-refractivity contribution in [3.05, 3.63) is 0 Å². The third-order valence-electron chi connectivity index (χ3n) is 4.17. The van der Waals surface area contributed by atoms with E-state index < -0.39 is 17.7 Å². The molecule has 0 aromatic carbocycles. The van der Waals surface area contributed by atoms with Crippen molar-refractivity contribution in [2.45, 2.75) is 70.7 Å². The highest BCUT2D eigenvalue weighted by Gasteiger charge is 2.42. The number of methoxy groups -OCH3 is 1. The van der Waals surface area contributed by atoms with E-state index in [0.29, 0.717) is 18.9 Å². The fourth-order valence-corrected chi connectivity index (χ4v) is 2.83. The van der Waals surface area contributed by atoms with Gasteiger partial charge in [0.25, 0.3) is 0 Å². The minimum atomic E-state index is -0.548. The first-order chi connectivity index (χ1) is 10.2. The van der Waals surface area contributed by atoms with Gasteiger partial charge in [-0.05, 0) is 52.9 Å². The summed E-state index contributed by atoms with van der Waals surface area (Å²) >= 11 is 0. The van der Waals surface area contributed by atoms with Gasteiger partial charge in [0, 0.05) is 13.7 Å². The van der Waals surface area contributed by atoms with E-state index in [9.17, 15) is 9.59 Å². The Hall–Kier alpha value is -1.30. The van der Waals surface area contributed by atoms with Crippen LogP contribution in [0.15, 0.2) is 0 Å². The van der Waals surface area contributed by atoms with Crippen LogP contribution in [0.4, 0.5) is 4.79 Å². The molecule has 6 heteroatoms. The van der Waals surface area contributed by atoms with E-state index in [1.54, 1.807) is 7.11 Å². The Morgan fingerprint density at radius 1 is 1.23 bits per heavy atom. The van der Waals surface area contributed by atoms with E-state index in [-0.39, 0.29) is 18.1 Å². The summed E-state index contributed by atoms with van der Waals surface area (Å²) in [5.41, 5.74) is -0.548. The van der Waals surface area contributed by atoms with Crippen LogP contribution in [0, 0.1) is 5.92 Å². The molecule has 1 saturated heterocycles. The molecule has 0 unspecified atom stereocenters. The highest BCUT2D eigenvalue weighted by Crippen LogP contribution is 2.35. The van der Waals surface area contributed by atoms with Gasteiger partial charge in [-0.25, -0.2) is 4.79 Å². The summed E-state index contributed by atoms with van der Waals surface area (Å²) in [7, 11) is 1.68. The highest BCUT2D eigenvalue weighted by atomic mass is 16.6. The van der Waals surface area contributed by atoms with Crippen molar-refractivity contribution in [3.63, 3.8) is 0 Å². The zero-order chi connectivity index (χ0) is 16.5. The second-order valence-corrected chi connectivity index (χ2v) is 7.31. The number of carbonyl (C=O) groups is 2. The molecule has 2 amide bonds. The molecule has 2 rings (SSSR count). The molecule has 0 aromatic heterocycles. The van der Waals surface area contributed by atoms with Crippen molar-refractivity contribution >= 4 is 12.0 Å². The van der Waals surface area contributed by atoms with Crippen LogP contribution < -0.4 is 5.32 Å². The largest absolute Gasteiger partial charge is 0.444 e. The summed E-state index contributed by atoms with van der Waals surface area (Å²) in [5.74, 6) is 0.427. The van der Waals surface area contributed by atoms with Crippen molar-refractivity contribution < 1.29 is 19.1 Å². The lowest BCUT2D eigenvalue weighted by molar-refractivity contribution is -0.132.